The van der Waals surface area contributed by atoms with Crippen LogP contribution >= 0.6 is 11.6 Å². The van der Waals surface area contributed by atoms with Crippen LogP contribution in [0.4, 0.5) is 4.79 Å². The highest BCUT2D eigenvalue weighted by Gasteiger charge is 2.44. The molecule has 3 saturated heterocycles. The van der Waals surface area contributed by atoms with Crippen molar-refractivity contribution < 1.29 is 4.79 Å². The summed E-state index contributed by atoms with van der Waals surface area (Å²) in [6.07, 6.45) is 9.53. The number of urea groups is 1. The summed E-state index contributed by atoms with van der Waals surface area (Å²) in [6.45, 7) is 4.42. The Hall–Kier alpha value is -2.64. The fourth-order valence-corrected chi connectivity index (χ4v) is 5.94. The van der Waals surface area contributed by atoms with E-state index in [2.05, 4.69) is 24.1 Å². The van der Waals surface area contributed by atoms with Crippen LogP contribution in [0.15, 0.2) is 42.7 Å². The third-order valence-corrected chi connectivity index (χ3v) is 7.65. The molecule has 3 aliphatic heterocycles. The largest absolute Gasteiger partial charge is 0.325 e. The second-order valence-electron chi connectivity index (χ2n) is 9.52. The summed E-state index contributed by atoms with van der Waals surface area (Å²) >= 11 is 6.13. The van der Waals surface area contributed by atoms with Gasteiger partial charge in [-0.15, -0.1) is 0 Å². The van der Waals surface area contributed by atoms with Gasteiger partial charge in [-0.25, -0.2) is 14.8 Å². The van der Waals surface area contributed by atoms with Crippen LogP contribution < -0.4 is 0 Å². The number of fused-ring (bicyclic) bond motifs is 3. The fourth-order valence-electron chi connectivity index (χ4n) is 5.82. The predicted molar refractivity (Wildman–Crippen MR) is 128 cm³/mol. The molecule has 8 heteroatoms. The molecular formula is C25H29ClN6O. The molecule has 172 valence electrons. The summed E-state index contributed by atoms with van der Waals surface area (Å²) in [7, 11) is 0. The highest BCUT2D eigenvalue weighted by atomic mass is 35.5. The lowest BCUT2D eigenvalue weighted by Gasteiger charge is -2.43. The number of piperidine rings is 1. The topological polar surface area (TPSA) is 57.0 Å². The lowest BCUT2D eigenvalue weighted by molar-refractivity contribution is 0.0619. The second-order valence-corrected chi connectivity index (χ2v) is 9.96. The Labute approximate surface area is 199 Å². The van der Waals surface area contributed by atoms with Crippen LogP contribution in [0.5, 0.6) is 0 Å². The molecular weight excluding hydrogens is 436 g/mol. The van der Waals surface area contributed by atoms with Crippen molar-refractivity contribution in [1.29, 1.82) is 0 Å². The van der Waals surface area contributed by atoms with Crippen LogP contribution in [0.3, 0.4) is 0 Å². The van der Waals surface area contributed by atoms with E-state index < -0.39 is 0 Å². The van der Waals surface area contributed by atoms with Crippen LogP contribution in [-0.4, -0.2) is 73.4 Å². The van der Waals surface area contributed by atoms with E-state index in [4.69, 9.17) is 16.6 Å². The number of aromatic nitrogens is 3. The highest BCUT2D eigenvalue weighted by molar-refractivity contribution is 6.30. The van der Waals surface area contributed by atoms with E-state index in [-0.39, 0.29) is 6.03 Å². The van der Waals surface area contributed by atoms with E-state index in [0.717, 1.165) is 75.4 Å². The monoisotopic (exact) mass is 464 g/mol. The quantitative estimate of drug-likeness (QED) is 0.579. The minimum Gasteiger partial charge on any atom is -0.325 e. The third kappa shape index (κ3) is 3.87. The summed E-state index contributed by atoms with van der Waals surface area (Å²) in [5, 5.41) is 0.716. The lowest BCUT2D eigenvalue weighted by atomic mass is 10.1. The standard InChI is InChI=1S/C25H29ClN6O/c26-19-7-5-18(6-8-19)23-22(31-14-4-11-27-24(31)28-23)17-29-15-20-9-10-21(16-29)32(20)25(33)30-12-2-1-3-13-30/h4-8,11,14,20-21H,1-3,9-10,12-13,15-17H2. The van der Waals surface area contributed by atoms with Gasteiger partial charge in [0, 0.05) is 67.8 Å². The molecule has 2 aromatic heterocycles. The Morgan fingerprint density at radius 3 is 2.48 bits per heavy atom. The number of carbonyl (C=O) groups excluding carboxylic acids is 1. The zero-order chi connectivity index (χ0) is 22.4. The normalized spacial score (nSPS) is 23.4. The minimum atomic E-state index is 0.266. The minimum absolute atomic E-state index is 0.266. The molecule has 33 heavy (non-hydrogen) atoms. The van der Waals surface area contributed by atoms with Gasteiger partial charge in [0.05, 0.1) is 11.4 Å². The van der Waals surface area contributed by atoms with E-state index in [0.29, 0.717) is 22.9 Å². The number of piperazine rings is 1. The molecule has 6 rings (SSSR count). The molecule has 2 amide bonds. The van der Waals surface area contributed by atoms with Gasteiger partial charge in [0.15, 0.2) is 0 Å². The van der Waals surface area contributed by atoms with Gasteiger partial charge in [0.2, 0.25) is 5.78 Å². The van der Waals surface area contributed by atoms with Gasteiger partial charge in [-0.2, -0.15) is 0 Å². The molecule has 0 aliphatic carbocycles. The third-order valence-electron chi connectivity index (χ3n) is 7.40. The van der Waals surface area contributed by atoms with Crippen LogP contribution in [-0.2, 0) is 6.54 Å². The number of amides is 2. The van der Waals surface area contributed by atoms with Gasteiger partial charge in [0.25, 0.3) is 0 Å². The molecule has 0 saturated carbocycles. The zero-order valence-corrected chi connectivity index (χ0v) is 19.5. The summed E-state index contributed by atoms with van der Waals surface area (Å²) in [5.41, 5.74) is 3.13. The molecule has 3 aliphatic rings. The fraction of sp³-hybridized carbons (Fsp3) is 0.480. The van der Waals surface area contributed by atoms with E-state index in [1.165, 1.54) is 6.42 Å². The number of carbonyl (C=O) groups is 1. The maximum absolute atomic E-state index is 13.3. The number of nitrogens with zero attached hydrogens (tertiary/aromatic N) is 6. The Balaban J connectivity index is 1.25. The summed E-state index contributed by atoms with van der Waals surface area (Å²) < 4.78 is 2.09. The van der Waals surface area contributed by atoms with Crippen LogP contribution in [0.2, 0.25) is 5.02 Å². The van der Waals surface area contributed by atoms with Gasteiger partial charge in [0.1, 0.15) is 0 Å². The number of hydrogen-bond acceptors (Lipinski definition) is 4. The van der Waals surface area contributed by atoms with Gasteiger partial charge in [-0.3, -0.25) is 9.30 Å². The van der Waals surface area contributed by atoms with Gasteiger partial charge >= 0.3 is 6.03 Å². The average Bonchev–Trinajstić information content (AvgIpc) is 3.34. The smallest absolute Gasteiger partial charge is 0.320 e. The lowest BCUT2D eigenvalue weighted by Crippen LogP contribution is -2.59. The van der Waals surface area contributed by atoms with Crippen molar-refractivity contribution in [1.82, 2.24) is 29.1 Å². The van der Waals surface area contributed by atoms with Gasteiger partial charge in [-0.1, -0.05) is 23.7 Å². The molecule has 7 nitrogen and oxygen atoms in total. The summed E-state index contributed by atoms with van der Waals surface area (Å²) in [4.78, 5) is 29.4. The number of hydrogen-bond donors (Lipinski definition) is 0. The van der Waals surface area contributed by atoms with Crippen molar-refractivity contribution >= 4 is 23.4 Å². The number of halogens is 1. The zero-order valence-electron chi connectivity index (χ0n) is 18.7. The average molecular weight is 465 g/mol. The molecule has 0 N–H and O–H groups in total. The molecule has 2 atom stereocenters. The molecule has 0 spiro atoms. The van der Waals surface area contributed by atoms with E-state index in [9.17, 15) is 4.79 Å². The Kier molecular flexibility index (Phi) is 5.46. The summed E-state index contributed by atoms with van der Waals surface area (Å²) in [5.74, 6) is 0.708. The molecule has 3 aromatic rings. The number of imidazole rings is 1. The first-order valence-electron chi connectivity index (χ1n) is 12.0. The maximum Gasteiger partial charge on any atom is 0.320 e. The molecule has 5 heterocycles. The van der Waals surface area contributed by atoms with E-state index in [1.54, 1.807) is 6.20 Å². The molecule has 0 radical (unpaired) electrons. The first-order chi connectivity index (χ1) is 16.2. The molecule has 2 unspecified atom stereocenters. The van der Waals surface area contributed by atoms with Crippen LogP contribution in [0.1, 0.15) is 37.8 Å². The number of rotatable bonds is 3. The number of likely N-dealkylation sites (tertiary alicyclic amines) is 2. The van der Waals surface area contributed by atoms with Crippen molar-refractivity contribution in [3.05, 3.63) is 53.4 Å². The Bertz CT molecular complexity index is 1140. The van der Waals surface area contributed by atoms with Gasteiger partial charge < -0.3 is 9.80 Å². The maximum atomic E-state index is 13.3. The number of benzene rings is 1. The van der Waals surface area contributed by atoms with Crippen molar-refractivity contribution in [2.75, 3.05) is 26.2 Å². The van der Waals surface area contributed by atoms with E-state index >= 15 is 0 Å². The van der Waals surface area contributed by atoms with Crippen molar-refractivity contribution in [2.45, 2.75) is 50.7 Å². The predicted octanol–water partition coefficient (Wildman–Crippen LogP) is 4.30. The SMILES string of the molecule is O=C(N1CCCCC1)N1C2CCC1CN(Cc1c(-c3ccc(Cl)cc3)nc3ncccn13)C2. The second kappa shape index (κ2) is 8.61. The van der Waals surface area contributed by atoms with Gasteiger partial charge in [-0.05, 0) is 50.3 Å². The van der Waals surface area contributed by atoms with Crippen molar-refractivity contribution in [3.8, 4) is 11.3 Å². The summed E-state index contributed by atoms with van der Waals surface area (Å²) in [6, 6.07) is 10.7. The molecule has 2 bridgehead atoms. The van der Waals surface area contributed by atoms with Crippen molar-refractivity contribution in [3.63, 3.8) is 0 Å². The van der Waals surface area contributed by atoms with Crippen LogP contribution in [0.25, 0.3) is 17.0 Å². The highest BCUT2D eigenvalue weighted by Crippen LogP contribution is 2.34. The first kappa shape index (κ1) is 20.9. The Morgan fingerprint density at radius 1 is 1.03 bits per heavy atom. The van der Waals surface area contributed by atoms with E-state index in [1.807, 2.05) is 36.5 Å². The van der Waals surface area contributed by atoms with Crippen molar-refractivity contribution in [2.24, 2.45) is 0 Å². The molecule has 1 aromatic carbocycles. The van der Waals surface area contributed by atoms with Crippen LogP contribution in [0, 0.1) is 0 Å². The first-order valence-corrected chi connectivity index (χ1v) is 12.4. The molecule has 3 fully saturated rings. The Morgan fingerprint density at radius 2 is 1.76 bits per heavy atom.